The predicted molar refractivity (Wildman–Crippen MR) is 62.1 cm³/mol. The van der Waals surface area contributed by atoms with Crippen LogP contribution in [0.1, 0.15) is 25.7 Å². The third-order valence-electron chi connectivity index (χ3n) is 2.83. The first-order chi connectivity index (χ1) is 7.74. The van der Waals surface area contributed by atoms with Gasteiger partial charge in [-0.3, -0.25) is 9.48 Å². The van der Waals surface area contributed by atoms with E-state index in [0.29, 0.717) is 12.5 Å². The zero-order chi connectivity index (χ0) is 11.4. The highest BCUT2D eigenvalue weighted by Gasteiger charge is 2.16. The van der Waals surface area contributed by atoms with E-state index in [2.05, 4.69) is 15.7 Å². The minimum Gasteiger partial charge on any atom is -0.323 e. The summed E-state index contributed by atoms with van der Waals surface area (Å²) in [6, 6.07) is 0.338. The van der Waals surface area contributed by atoms with Crippen molar-refractivity contribution < 1.29 is 4.79 Å². The lowest BCUT2D eigenvalue weighted by Gasteiger charge is -2.22. The van der Waals surface area contributed by atoms with Crippen molar-refractivity contribution >= 4 is 11.6 Å². The minimum atomic E-state index is 0.0624. The highest BCUT2D eigenvalue weighted by molar-refractivity contribution is 5.90. The molecule has 0 aromatic carbocycles. The molecule has 2 rings (SSSR count). The molecule has 88 valence electrons. The molecular formula is C11H18N4O. The molecule has 0 bridgehead atoms. The Hall–Kier alpha value is -1.36. The average molecular weight is 222 g/mol. The molecule has 5 nitrogen and oxygen atoms in total. The van der Waals surface area contributed by atoms with Gasteiger partial charge in [0.15, 0.2) is 0 Å². The van der Waals surface area contributed by atoms with Crippen LogP contribution in [-0.2, 0) is 11.8 Å². The van der Waals surface area contributed by atoms with Gasteiger partial charge in [0.25, 0.3) is 0 Å². The maximum atomic E-state index is 11.7. The van der Waals surface area contributed by atoms with Gasteiger partial charge >= 0.3 is 0 Å². The van der Waals surface area contributed by atoms with Crippen LogP contribution in [0.15, 0.2) is 12.4 Å². The molecule has 1 aliphatic heterocycles. The second-order valence-corrected chi connectivity index (χ2v) is 4.30. The van der Waals surface area contributed by atoms with Gasteiger partial charge in [-0.1, -0.05) is 6.42 Å². The Bertz CT molecular complexity index is 355. The van der Waals surface area contributed by atoms with Crippen LogP contribution >= 0.6 is 0 Å². The molecule has 0 spiro atoms. The van der Waals surface area contributed by atoms with Gasteiger partial charge in [-0.2, -0.15) is 5.10 Å². The van der Waals surface area contributed by atoms with E-state index in [1.165, 1.54) is 12.8 Å². The third-order valence-corrected chi connectivity index (χ3v) is 2.83. The summed E-state index contributed by atoms with van der Waals surface area (Å²) in [6.45, 7) is 1.03. The first-order valence-electron chi connectivity index (χ1n) is 5.76. The van der Waals surface area contributed by atoms with Crippen LogP contribution in [0.4, 0.5) is 5.69 Å². The van der Waals surface area contributed by atoms with Crippen molar-refractivity contribution in [2.75, 3.05) is 11.9 Å². The number of nitrogens with zero attached hydrogens (tertiary/aromatic N) is 2. The number of piperidine rings is 1. The molecule has 1 aromatic rings. The Morgan fingerprint density at radius 2 is 2.56 bits per heavy atom. The van der Waals surface area contributed by atoms with E-state index in [-0.39, 0.29) is 5.91 Å². The number of hydrogen-bond donors (Lipinski definition) is 2. The lowest BCUT2D eigenvalue weighted by molar-refractivity contribution is -0.116. The van der Waals surface area contributed by atoms with E-state index >= 15 is 0 Å². The molecule has 5 heteroatoms. The van der Waals surface area contributed by atoms with Gasteiger partial charge in [0, 0.05) is 25.7 Å². The van der Waals surface area contributed by atoms with Crippen molar-refractivity contribution in [3.05, 3.63) is 12.4 Å². The Balaban J connectivity index is 1.79. The molecule has 1 unspecified atom stereocenters. The molecule has 1 aliphatic rings. The van der Waals surface area contributed by atoms with Crippen LogP contribution in [0, 0.1) is 0 Å². The van der Waals surface area contributed by atoms with Crippen molar-refractivity contribution in [2.45, 2.75) is 31.7 Å². The van der Waals surface area contributed by atoms with Crippen molar-refractivity contribution in [2.24, 2.45) is 7.05 Å². The van der Waals surface area contributed by atoms with Crippen molar-refractivity contribution in [1.29, 1.82) is 0 Å². The van der Waals surface area contributed by atoms with Crippen LogP contribution in [0.5, 0.6) is 0 Å². The number of amides is 1. The van der Waals surface area contributed by atoms with E-state index in [1.54, 1.807) is 17.1 Å². The number of aryl methyl sites for hydroxylation is 1. The maximum Gasteiger partial charge on any atom is 0.226 e. The van der Waals surface area contributed by atoms with Gasteiger partial charge in [0.05, 0.1) is 11.9 Å². The summed E-state index contributed by atoms with van der Waals surface area (Å²) in [4.78, 5) is 11.7. The van der Waals surface area contributed by atoms with Gasteiger partial charge in [-0.05, 0) is 19.4 Å². The molecule has 2 N–H and O–H groups in total. The number of aromatic nitrogens is 2. The molecule has 1 atom stereocenters. The maximum absolute atomic E-state index is 11.7. The Kier molecular flexibility index (Phi) is 3.56. The molecule has 1 aromatic heterocycles. The molecule has 1 fully saturated rings. The first kappa shape index (κ1) is 11.1. The van der Waals surface area contributed by atoms with Crippen molar-refractivity contribution in [3.8, 4) is 0 Å². The van der Waals surface area contributed by atoms with Crippen molar-refractivity contribution in [1.82, 2.24) is 15.1 Å². The molecule has 2 heterocycles. The van der Waals surface area contributed by atoms with E-state index in [9.17, 15) is 4.79 Å². The molecule has 16 heavy (non-hydrogen) atoms. The van der Waals surface area contributed by atoms with Gasteiger partial charge in [-0.25, -0.2) is 0 Å². The van der Waals surface area contributed by atoms with E-state index in [1.807, 2.05) is 7.05 Å². The molecule has 0 saturated carbocycles. The fraction of sp³-hybridized carbons (Fsp3) is 0.636. The summed E-state index contributed by atoms with van der Waals surface area (Å²) in [6.07, 6.45) is 7.55. The highest BCUT2D eigenvalue weighted by Crippen LogP contribution is 2.11. The largest absolute Gasteiger partial charge is 0.323 e. The predicted octanol–water partition coefficient (Wildman–Crippen LogP) is 0.891. The average Bonchev–Trinajstić information content (AvgIpc) is 2.65. The fourth-order valence-corrected chi connectivity index (χ4v) is 2.02. The highest BCUT2D eigenvalue weighted by atomic mass is 16.1. The fourth-order valence-electron chi connectivity index (χ4n) is 2.02. The standard InChI is InChI=1S/C11H18N4O/c1-15-8-10(7-13-15)14-11(16)6-9-4-2-3-5-12-9/h7-9,12H,2-6H2,1H3,(H,14,16). The monoisotopic (exact) mass is 222 g/mol. The summed E-state index contributed by atoms with van der Waals surface area (Å²) in [5.74, 6) is 0.0624. The van der Waals surface area contributed by atoms with E-state index in [4.69, 9.17) is 0 Å². The third kappa shape index (κ3) is 3.06. The molecule has 1 saturated heterocycles. The Labute approximate surface area is 95.2 Å². The lowest BCUT2D eigenvalue weighted by Crippen LogP contribution is -2.36. The van der Waals surface area contributed by atoms with Gasteiger partial charge in [-0.15, -0.1) is 0 Å². The summed E-state index contributed by atoms with van der Waals surface area (Å²) in [7, 11) is 1.83. The van der Waals surface area contributed by atoms with Crippen LogP contribution in [0.25, 0.3) is 0 Å². The first-order valence-corrected chi connectivity index (χ1v) is 5.76. The minimum absolute atomic E-state index is 0.0624. The quantitative estimate of drug-likeness (QED) is 0.798. The molecule has 0 radical (unpaired) electrons. The summed E-state index contributed by atoms with van der Waals surface area (Å²) in [5.41, 5.74) is 0.767. The normalized spacial score (nSPS) is 20.7. The number of rotatable bonds is 3. The Morgan fingerprint density at radius 1 is 1.69 bits per heavy atom. The number of nitrogens with one attached hydrogen (secondary N) is 2. The summed E-state index contributed by atoms with van der Waals surface area (Å²) in [5, 5.41) is 10.2. The molecule has 1 amide bonds. The van der Waals surface area contributed by atoms with Gasteiger partial charge < -0.3 is 10.6 Å². The van der Waals surface area contributed by atoms with E-state index in [0.717, 1.165) is 18.7 Å². The summed E-state index contributed by atoms with van der Waals surface area (Å²) < 4.78 is 1.68. The second-order valence-electron chi connectivity index (χ2n) is 4.30. The van der Waals surface area contributed by atoms with Gasteiger partial charge in [0.2, 0.25) is 5.91 Å². The lowest BCUT2D eigenvalue weighted by atomic mass is 10.0. The number of carbonyl (C=O) groups excluding carboxylic acids is 1. The Morgan fingerprint density at radius 3 is 3.19 bits per heavy atom. The van der Waals surface area contributed by atoms with Crippen LogP contribution in [0.2, 0.25) is 0 Å². The van der Waals surface area contributed by atoms with Gasteiger partial charge in [0.1, 0.15) is 0 Å². The molecule has 0 aliphatic carbocycles. The topological polar surface area (TPSA) is 59.0 Å². The molecular weight excluding hydrogens is 204 g/mol. The van der Waals surface area contributed by atoms with Crippen molar-refractivity contribution in [3.63, 3.8) is 0 Å². The second kappa shape index (κ2) is 5.12. The van der Waals surface area contributed by atoms with Crippen LogP contribution in [0.3, 0.4) is 0 Å². The van der Waals surface area contributed by atoms with Crippen LogP contribution < -0.4 is 10.6 Å². The smallest absolute Gasteiger partial charge is 0.226 e. The van der Waals surface area contributed by atoms with E-state index < -0.39 is 0 Å². The number of carbonyl (C=O) groups is 1. The number of anilines is 1. The SMILES string of the molecule is Cn1cc(NC(=O)CC2CCCCN2)cn1. The zero-order valence-corrected chi connectivity index (χ0v) is 9.57. The van der Waals surface area contributed by atoms with Crippen LogP contribution in [-0.4, -0.2) is 28.3 Å². The zero-order valence-electron chi connectivity index (χ0n) is 9.57. The number of hydrogen-bond acceptors (Lipinski definition) is 3. The summed E-state index contributed by atoms with van der Waals surface area (Å²) >= 11 is 0.